The SMILES string of the molecule is CO[Si]([Si]O)([Si](C)C)[Si](O[Si](C)(C)OO)([Si](O[Si]O)([Si]O)[Si]O)[Si](O[Si](C)(C)O[Si](C)(C)CCCOCCO)(O[Si](O[Si]O)([Si]O)[Si]O)[Si](O[Si]O)([Si]O)[Si](C)(C)OO. The molecule has 19 radical (unpaired) electrons. The van der Waals surface area contributed by atoms with Crippen molar-refractivity contribution >= 4 is 170 Å². The molecule has 0 aromatic rings. The van der Waals surface area contributed by atoms with E-state index in [9.17, 15) is 58.8 Å². The summed E-state index contributed by atoms with van der Waals surface area (Å²) in [5, 5.41) is 30.7. The lowest BCUT2D eigenvalue weighted by atomic mass is 10.5. The van der Waals surface area contributed by atoms with Gasteiger partial charge in [0.25, 0.3) is 40.1 Å². The topological polar surface area (TPSA) is 344 Å². The van der Waals surface area contributed by atoms with Crippen LogP contribution in [0.1, 0.15) is 6.42 Å². The van der Waals surface area contributed by atoms with E-state index < -0.39 is 170 Å². The highest BCUT2D eigenvalue weighted by Crippen LogP contribution is 2.49. The van der Waals surface area contributed by atoms with Gasteiger partial charge in [-0.1, -0.05) is 13.1 Å². The molecule has 23 nitrogen and oxygen atoms in total. The third-order valence-corrected chi connectivity index (χ3v) is 182. The van der Waals surface area contributed by atoms with Crippen LogP contribution in [0.4, 0.5) is 0 Å². The number of hydrogen-bond donors (Lipinski definition) is 12. The molecule has 4 atom stereocenters. The molecule has 12 N–H and O–H groups in total. The second kappa shape index (κ2) is 26.8. The Morgan fingerprint density at radius 2 is 1.12 bits per heavy atom. The summed E-state index contributed by atoms with van der Waals surface area (Å²) in [4.78, 5) is 103. The molecule has 337 valence electrons. The fraction of sp³-hybridized carbons (Fsp3) is 1.00. The highest BCUT2D eigenvalue weighted by atomic mass is 30.4. The maximum Gasteiger partial charge on any atom is 0.420 e. The summed E-state index contributed by atoms with van der Waals surface area (Å²) in [6.45, 7) is -3.86. The van der Waals surface area contributed by atoms with Crippen molar-refractivity contribution in [3.63, 3.8) is 0 Å². The fourth-order valence-corrected chi connectivity index (χ4v) is 297. The molecule has 0 saturated carbocycles. The average molecular weight is 1180 g/mol. The molecule has 0 fully saturated rings. The van der Waals surface area contributed by atoms with E-state index in [0.29, 0.717) is 12.5 Å². The standard InChI is InChI=1S/C16H55O23Si20/c1-29-57(47-27,49(2)3)59(38-51(6,7)31-18,56(45-25,46-26)34-41-21)55(39-54(43-23,44-24)33-40-20,58(48-28,35-42-22)53(10,11)32-19)37-52(8,9)36-50(4,5)16-12-14-30-15-13-17/h17-28H,12-16H2,1-11H3. The van der Waals surface area contributed by atoms with Gasteiger partial charge in [0.15, 0.2) is 8.32 Å². The number of aliphatic hydroxyl groups is 1. The molecule has 0 aliphatic rings. The second-order valence-corrected chi connectivity index (χ2v) is 110. The molecule has 0 aliphatic carbocycles. The van der Waals surface area contributed by atoms with Crippen LogP contribution in [0.25, 0.3) is 0 Å². The molecular formula is C16H55O23Si20. The number of rotatable bonds is 35. The van der Waals surface area contributed by atoms with Crippen LogP contribution in [0.3, 0.4) is 0 Å². The van der Waals surface area contributed by atoms with Crippen LogP contribution in [-0.4, -0.2) is 256 Å². The van der Waals surface area contributed by atoms with E-state index in [0.717, 1.165) is 0 Å². The van der Waals surface area contributed by atoms with Gasteiger partial charge in [-0.2, -0.15) is 0 Å². The van der Waals surface area contributed by atoms with Crippen molar-refractivity contribution in [2.24, 2.45) is 0 Å². The summed E-state index contributed by atoms with van der Waals surface area (Å²) < 4.78 is 70.2. The molecule has 0 bridgehead atoms. The summed E-state index contributed by atoms with van der Waals surface area (Å²) in [7, 11) is -40.2. The summed E-state index contributed by atoms with van der Waals surface area (Å²) in [5.74, 6) is 0. The number of hydrogen-bond acceptors (Lipinski definition) is 23. The zero-order chi connectivity index (χ0) is 46.3. The van der Waals surface area contributed by atoms with Crippen molar-refractivity contribution in [2.45, 2.75) is 77.9 Å². The van der Waals surface area contributed by atoms with Gasteiger partial charge in [0, 0.05) is 13.7 Å². The molecule has 0 amide bonds. The first-order valence-corrected chi connectivity index (χ1v) is 62.7. The minimum absolute atomic E-state index is 0.127. The van der Waals surface area contributed by atoms with Gasteiger partial charge < -0.3 is 86.2 Å². The monoisotopic (exact) mass is 1170 g/mol. The highest BCUT2D eigenvalue weighted by Gasteiger charge is 2.94. The van der Waals surface area contributed by atoms with Crippen molar-refractivity contribution in [3.05, 3.63) is 0 Å². The van der Waals surface area contributed by atoms with Crippen LogP contribution >= 0.6 is 0 Å². The van der Waals surface area contributed by atoms with Crippen molar-refractivity contribution < 1.29 is 106 Å². The molecule has 43 heteroatoms. The van der Waals surface area contributed by atoms with Gasteiger partial charge in [-0.15, -0.1) is 0 Å². The van der Waals surface area contributed by atoms with Gasteiger partial charge >= 0.3 is 62.3 Å². The lowest BCUT2D eigenvalue weighted by Crippen LogP contribution is -3.08. The summed E-state index contributed by atoms with van der Waals surface area (Å²) in [5.41, 5.74) is 0. The molecular weight excluding hydrogens is 1120 g/mol. The van der Waals surface area contributed by atoms with E-state index >= 15 is 0 Å². The van der Waals surface area contributed by atoms with Crippen LogP contribution in [0.15, 0.2) is 0 Å². The fourth-order valence-electron chi connectivity index (χ4n) is 6.37. The second-order valence-electron chi connectivity index (χ2n) is 14.5. The first kappa shape index (κ1) is 62.4. The van der Waals surface area contributed by atoms with E-state index in [4.69, 9.17) is 47.1 Å². The minimum Gasteiger partial charge on any atom is -0.436 e. The van der Waals surface area contributed by atoms with Crippen LogP contribution in [-0.2, 0) is 47.1 Å². The minimum atomic E-state index is -5.79. The Hall–Kier alpha value is 3.42. The van der Waals surface area contributed by atoms with Gasteiger partial charge in [0.2, 0.25) is 50.9 Å². The van der Waals surface area contributed by atoms with Crippen molar-refractivity contribution in [1.82, 2.24) is 0 Å². The highest BCUT2D eigenvalue weighted by molar-refractivity contribution is 8.17. The molecule has 4 unspecified atom stereocenters. The smallest absolute Gasteiger partial charge is 0.420 e. The van der Waals surface area contributed by atoms with Crippen LogP contribution < -0.4 is 0 Å². The van der Waals surface area contributed by atoms with Crippen molar-refractivity contribution in [3.8, 4) is 0 Å². The Bertz CT molecular complexity index is 1190. The lowest BCUT2D eigenvalue weighted by molar-refractivity contribution is -0.163. The Morgan fingerprint density at radius 1 is 0.576 bits per heavy atom. The first-order valence-electron chi connectivity index (χ1n) is 17.0. The predicted molar refractivity (Wildman–Crippen MR) is 243 cm³/mol. The zero-order valence-electron chi connectivity index (χ0n) is 34.4. The van der Waals surface area contributed by atoms with Crippen LogP contribution in [0.2, 0.25) is 71.5 Å². The average Bonchev–Trinajstić information content (AvgIpc) is 3.17. The summed E-state index contributed by atoms with van der Waals surface area (Å²) >= 11 is 0. The third-order valence-electron chi connectivity index (χ3n) is 8.64. The maximum absolute atomic E-state index is 12.2. The summed E-state index contributed by atoms with van der Waals surface area (Å²) in [6.07, 6.45) is 0.502. The normalized spacial score (nSPS) is 18.1. The predicted octanol–water partition coefficient (Wildman–Crippen LogP) is -6.94. The van der Waals surface area contributed by atoms with Gasteiger partial charge in [-0.25, -0.2) is 0 Å². The van der Waals surface area contributed by atoms with E-state index in [-0.39, 0.29) is 19.8 Å². The van der Waals surface area contributed by atoms with E-state index in [1.165, 1.54) is 33.3 Å². The largest absolute Gasteiger partial charge is 0.436 e. The molecule has 0 saturated heterocycles. The number of aliphatic hydroxyl groups excluding tert-OH is 1. The number of ether oxygens (including phenoxy) is 1. The molecule has 0 aromatic heterocycles. The first-order chi connectivity index (χ1) is 27.3. The van der Waals surface area contributed by atoms with Gasteiger partial charge in [-0.3, -0.25) is 19.7 Å². The maximum atomic E-state index is 12.2. The van der Waals surface area contributed by atoms with E-state index in [1.54, 1.807) is 26.2 Å². The van der Waals surface area contributed by atoms with Crippen LogP contribution in [0, 0.1) is 0 Å². The summed E-state index contributed by atoms with van der Waals surface area (Å²) in [6, 6.07) is 0.475. The Labute approximate surface area is 377 Å². The zero-order valence-corrected chi connectivity index (χ0v) is 54.4. The van der Waals surface area contributed by atoms with Gasteiger partial charge in [-0.05, 0) is 64.8 Å². The molecule has 0 aliphatic heterocycles. The Balaban J connectivity index is 10.1. The Morgan fingerprint density at radius 3 is 1.49 bits per heavy atom. The van der Waals surface area contributed by atoms with Crippen molar-refractivity contribution in [1.29, 1.82) is 0 Å². The van der Waals surface area contributed by atoms with E-state index in [2.05, 4.69) is 0 Å². The molecule has 59 heavy (non-hydrogen) atoms. The third kappa shape index (κ3) is 13.8. The lowest BCUT2D eigenvalue weighted by Gasteiger charge is -2.66. The van der Waals surface area contributed by atoms with Crippen LogP contribution in [0.5, 0.6) is 0 Å². The van der Waals surface area contributed by atoms with Crippen molar-refractivity contribution in [2.75, 3.05) is 26.9 Å². The van der Waals surface area contributed by atoms with E-state index in [1.807, 2.05) is 13.1 Å². The van der Waals surface area contributed by atoms with Gasteiger partial charge in [0.05, 0.1) is 21.5 Å². The molecule has 0 rings (SSSR count). The Kier molecular flexibility index (Phi) is 28.4. The molecule has 0 spiro atoms. The quantitative estimate of drug-likeness (QED) is 0.0121. The molecule has 0 heterocycles. The van der Waals surface area contributed by atoms with Gasteiger partial charge in [0.1, 0.15) is 0 Å². The molecule has 0 aromatic carbocycles.